The first-order valence-electron chi connectivity index (χ1n) is 7.82. The average molecular weight is 437 g/mol. The molecule has 0 heterocycles. The number of benzene rings is 1. The minimum Gasteiger partial charge on any atom is -0.491 e. The minimum absolute atomic E-state index is 0.0556. The second-order valence-electron chi connectivity index (χ2n) is 4.93. The van der Waals surface area contributed by atoms with Crippen molar-refractivity contribution in [3.05, 3.63) is 34.4 Å². The van der Waals surface area contributed by atoms with E-state index in [9.17, 15) is 10.1 Å². The van der Waals surface area contributed by atoms with Gasteiger partial charge in [0.1, 0.15) is 12.4 Å². The van der Waals surface area contributed by atoms with Gasteiger partial charge in [0.15, 0.2) is 0 Å². The number of non-ortho nitro benzene ring substituents is 1. The molecule has 7 heteroatoms. The standard InChI is InChI=1S/C16H24INO5/c17-9-3-1-2-4-10-21-11-12-22-13-14-23-16-7-5-15(6-8-16)18(19)20/h5-8H,1-4,9-14H2. The highest BCUT2D eigenvalue weighted by atomic mass is 127. The summed E-state index contributed by atoms with van der Waals surface area (Å²) in [6.45, 7) is 2.83. The molecule has 0 N–H and O–H groups in total. The second-order valence-corrected chi connectivity index (χ2v) is 6.01. The third kappa shape index (κ3) is 10.5. The van der Waals surface area contributed by atoms with Crippen molar-refractivity contribution >= 4 is 28.3 Å². The van der Waals surface area contributed by atoms with Crippen molar-refractivity contribution in [2.75, 3.05) is 37.5 Å². The van der Waals surface area contributed by atoms with E-state index in [0.29, 0.717) is 32.2 Å². The molecular weight excluding hydrogens is 413 g/mol. The Bertz CT molecular complexity index is 427. The molecule has 1 rings (SSSR count). The molecule has 0 unspecified atom stereocenters. The summed E-state index contributed by atoms with van der Waals surface area (Å²) in [6.07, 6.45) is 4.91. The van der Waals surface area contributed by atoms with Crippen LogP contribution in [0.25, 0.3) is 0 Å². The Morgan fingerprint density at radius 1 is 0.870 bits per heavy atom. The Labute approximate surface area is 150 Å². The first-order valence-corrected chi connectivity index (χ1v) is 9.35. The summed E-state index contributed by atoms with van der Waals surface area (Å²) < 4.78 is 17.6. The number of hydrogen-bond donors (Lipinski definition) is 0. The maximum absolute atomic E-state index is 10.5. The zero-order valence-electron chi connectivity index (χ0n) is 13.2. The largest absolute Gasteiger partial charge is 0.491 e. The van der Waals surface area contributed by atoms with Crippen LogP contribution in [0.15, 0.2) is 24.3 Å². The number of nitrogens with zero attached hydrogens (tertiary/aromatic N) is 1. The number of hydrogen-bond acceptors (Lipinski definition) is 5. The molecule has 130 valence electrons. The van der Waals surface area contributed by atoms with Crippen molar-refractivity contribution in [2.24, 2.45) is 0 Å². The second kappa shape index (κ2) is 13.5. The predicted molar refractivity (Wildman–Crippen MR) is 97.6 cm³/mol. The normalized spacial score (nSPS) is 10.7. The molecule has 6 nitrogen and oxygen atoms in total. The van der Waals surface area contributed by atoms with Crippen LogP contribution in [0, 0.1) is 10.1 Å². The van der Waals surface area contributed by atoms with Gasteiger partial charge in [0.2, 0.25) is 0 Å². The third-order valence-electron chi connectivity index (χ3n) is 3.09. The van der Waals surface area contributed by atoms with Gasteiger partial charge >= 0.3 is 0 Å². The molecule has 0 saturated heterocycles. The van der Waals surface area contributed by atoms with E-state index in [2.05, 4.69) is 22.6 Å². The van der Waals surface area contributed by atoms with Crippen LogP contribution in [0.2, 0.25) is 0 Å². The number of ether oxygens (including phenoxy) is 3. The fourth-order valence-electron chi connectivity index (χ4n) is 1.86. The summed E-state index contributed by atoms with van der Waals surface area (Å²) in [4.78, 5) is 10.1. The van der Waals surface area contributed by atoms with Crippen LogP contribution in [0.3, 0.4) is 0 Å². The number of unbranched alkanes of at least 4 members (excludes halogenated alkanes) is 3. The van der Waals surface area contributed by atoms with Gasteiger partial charge in [0.05, 0.1) is 24.7 Å². The fourth-order valence-corrected chi connectivity index (χ4v) is 2.40. The molecule has 0 atom stereocenters. The Kier molecular flexibility index (Phi) is 11.8. The molecule has 0 aliphatic rings. The molecule has 0 spiro atoms. The number of nitro groups is 1. The summed E-state index contributed by atoms with van der Waals surface area (Å²) in [5, 5.41) is 10.5. The van der Waals surface area contributed by atoms with Gasteiger partial charge in [0.25, 0.3) is 5.69 Å². The van der Waals surface area contributed by atoms with E-state index in [4.69, 9.17) is 14.2 Å². The van der Waals surface area contributed by atoms with Gasteiger partial charge in [-0.2, -0.15) is 0 Å². The zero-order valence-corrected chi connectivity index (χ0v) is 15.4. The van der Waals surface area contributed by atoms with Gasteiger partial charge < -0.3 is 14.2 Å². The van der Waals surface area contributed by atoms with Crippen molar-refractivity contribution in [3.63, 3.8) is 0 Å². The quantitative estimate of drug-likeness (QED) is 0.145. The maximum atomic E-state index is 10.5. The molecule has 23 heavy (non-hydrogen) atoms. The SMILES string of the molecule is O=[N+]([O-])c1ccc(OCCOCCOCCCCCCI)cc1. The van der Waals surface area contributed by atoms with Gasteiger partial charge in [-0.3, -0.25) is 10.1 Å². The van der Waals surface area contributed by atoms with Crippen LogP contribution >= 0.6 is 22.6 Å². The summed E-state index contributed by atoms with van der Waals surface area (Å²) in [6, 6.07) is 6.01. The molecule has 0 bridgehead atoms. The summed E-state index contributed by atoms with van der Waals surface area (Å²) in [5.74, 6) is 0.599. The molecule has 0 aliphatic carbocycles. The fraction of sp³-hybridized carbons (Fsp3) is 0.625. The molecule has 0 saturated carbocycles. The van der Waals surface area contributed by atoms with Crippen molar-refractivity contribution in [2.45, 2.75) is 25.7 Å². The number of nitro benzene ring substituents is 1. The Morgan fingerprint density at radius 3 is 2.13 bits per heavy atom. The Balaban J connectivity index is 1.90. The van der Waals surface area contributed by atoms with E-state index >= 15 is 0 Å². The molecule has 0 amide bonds. The van der Waals surface area contributed by atoms with Gasteiger partial charge in [0, 0.05) is 18.7 Å². The number of rotatable bonds is 14. The zero-order chi connectivity index (χ0) is 16.8. The van der Waals surface area contributed by atoms with E-state index in [1.807, 2.05) is 0 Å². The summed E-state index contributed by atoms with van der Waals surface area (Å²) in [5.41, 5.74) is 0.0556. The first kappa shape index (κ1) is 20.1. The van der Waals surface area contributed by atoms with Crippen LogP contribution < -0.4 is 4.74 Å². The van der Waals surface area contributed by atoms with E-state index in [0.717, 1.165) is 13.0 Å². The van der Waals surface area contributed by atoms with Crippen LogP contribution in [0.4, 0.5) is 5.69 Å². The van der Waals surface area contributed by atoms with Gasteiger partial charge in [-0.05, 0) is 29.4 Å². The van der Waals surface area contributed by atoms with Crippen LogP contribution in [-0.4, -0.2) is 42.4 Å². The smallest absolute Gasteiger partial charge is 0.269 e. The minimum atomic E-state index is -0.434. The lowest BCUT2D eigenvalue weighted by atomic mass is 10.2. The lowest BCUT2D eigenvalue weighted by Crippen LogP contribution is -2.11. The highest BCUT2D eigenvalue weighted by Gasteiger charge is 2.03. The van der Waals surface area contributed by atoms with E-state index in [-0.39, 0.29) is 5.69 Å². The monoisotopic (exact) mass is 437 g/mol. The average Bonchev–Trinajstić information content (AvgIpc) is 2.56. The molecule has 1 aromatic rings. The van der Waals surface area contributed by atoms with Crippen molar-refractivity contribution < 1.29 is 19.1 Å². The van der Waals surface area contributed by atoms with Gasteiger partial charge in [-0.1, -0.05) is 35.4 Å². The van der Waals surface area contributed by atoms with Crippen LogP contribution in [0.1, 0.15) is 25.7 Å². The highest BCUT2D eigenvalue weighted by Crippen LogP contribution is 2.16. The summed E-state index contributed by atoms with van der Waals surface area (Å²) >= 11 is 2.40. The van der Waals surface area contributed by atoms with Gasteiger partial charge in [-0.25, -0.2) is 0 Å². The van der Waals surface area contributed by atoms with Crippen molar-refractivity contribution in [1.29, 1.82) is 0 Å². The number of alkyl halides is 1. The highest BCUT2D eigenvalue weighted by molar-refractivity contribution is 14.1. The molecule has 0 aliphatic heterocycles. The lowest BCUT2D eigenvalue weighted by Gasteiger charge is -2.07. The topological polar surface area (TPSA) is 70.8 Å². The van der Waals surface area contributed by atoms with E-state index < -0.39 is 4.92 Å². The van der Waals surface area contributed by atoms with Crippen LogP contribution in [0.5, 0.6) is 5.75 Å². The molecule has 0 aromatic heterocycles. The number of halogens is 1. The molecular formula is C16H24INO5. The molecule has 1 aromatic carbocycles. The lowest BCUT2D eigenvalue weighted by molar-refractivity contribution is -0.384. The summed E-state index contributed by atoms with van der Waals surface area (Å²) in [7, 11) is 0. The van der Waals surface area contributed by atoms with Crippen molar-refractivity contribution in [3.8, 4) is 5.75 Å². The Hall–Kier alpha value is -0.930. The third-order valence-corrected chi connectivity index (χ3v) is 3.85. The van der Waals surface area contributed by atoms with E-state index in [1.165, 1.54) is 35.8 Å². The van der Waals surface area contributed by atoms with Crippen molar-refractivity contribution in [1.82, 2.24) is 0 Å². The first-order chi connectivity index (χ1) is 11.2. The van der Waals surface area contributed by atoms with E-state index in [1.54, 1.807) is 12.1 Å². The predicted octanol–water partition coefficient (Wildman–Crippen LogP) is 4.00. The van der Waals surface area contributed by atoms with Crippen LogP contribution in [-0.2, 0) is 9.47 Å². The van der Waals surface area contributed by atoms with Gasteiger partial charge in [-0.15, -0.1) is 0 Å². The molecule has 0 radical (unpaired) electrons. The Morgan fingerprint density at radius 2 is 1.48 bits per heavy atom. The maximum Gasteiger partial charge on any atom is 0.269 e. The molecule has 0 fully saturated rings.